The van der Waals surface area contributed by atoms with Gasteiger partial charge in [-0.3, -0.25) is 14.5 Å². The highest BCUT2D eigenvalue weighted by atomic mass is 16.4. The summed E-state index contributed by atoms with van der Waals surface area (Å²) in [5.41, 5.74) is -0.202. The molecule has 0 bridgehead atoms. The summed E-state index contributed by atoms with van der Waals surface area (Å²) in [6.07, 6.45) is 3.36. The van der Waals surface area contributed by atoms with Crippen LogP contribution in [0.5, 0.6) is 0 Å². The van der Waals surface area contributed by atoms with Crippen LogP contribution in [-0.2, 0) is 9.59 Å². The molecule has 2 aliphatic rings. The number of hydrogen-bond acceptors (Lipinski definition) is 3. The van der Waals surface area contributed by atoms with E-state index in [2.05, 4.69) is 5.32 Å². The summed E-state index contributed by atoms with van der Waals surface area (Å²) in [6, 6.07) is -0.322. The van der Waals surface area contributed by atoms with Crippen LogP contribution in [0.4, 0.5) is 0 Å². The lowest BCUT2D eigenvalue weighted by molar-refractivity contribution is -0.150. The molecule has 2 N–H and O–H groups in total. The minimum atomic E-state index is -0.746. The molecule has 2 heterocycles. The molecule has 5 heteroatoms. The molecular weight excluding hydrogens is 232 g/mol. The molecular formula is C13H22N2O3. The first-order valence-electron chi connectivity index (χ1n) is 6.66. The maximum absolute atomic E-state index is 11.5. The summed E-state index contributed by atoms with van der Waals surface area (Å²) in [5, 5.41) is 12.4. The van der Waals surface area contributed by atoms with Gasteiger partial charge >= 0.3 is 5.97 Å². The van der Waals surface area contributed by atoms with Crippen molar-refractivity contribution in [1.82, 2.24) is 10.2 Å². The third-order valence-electron chi connectivity index (χ3n) is 4.15. The zero-order chi connectivity index (χ0) is 13.3. The van der Waals surface area contributed by atoms with Crippen LogP contribution in [0.25, 0.3) is 0 Å². The van der Waals surface area contributed by atoms with E-state index < -0.39 is 12.0 Å². The molecule has 2 fully saturated rings. The second kappa shape index (κ2) is 4.88. The number of hydrogen-bond donors (Lipinski definition) is 2. The highest BCUT2D eigenvalue weighted by Gasteiger charge is 2.43. The number of carboxylic acids is 1. The van der Waals surface area contributed by atoms with Gasteiger partial charge in [0.1, 0.15) is 6.04 Å². The lowest BCUT2D eigenvalue weighted by Gasteiger charge is -2.44. The summed E-state index contributed by atoms with van der Waals surface area (Å²) >= 11 is 0. The Labute approximate surface area is 108 Å². The van der Waals surface area contributed by atoms with Crippen molar-refractivity contribution in [2.24, 2.45) is 5.41 Å². The molecule has 18 heavy (non-hydrogen) atoms. The van der Waals surface area contributed by atoms with Crippen LogP contribution >= 0.6 is 0 Å². The first kappa shape index (κ1) is 13.3. The average molecular weight is 254 g/mol. The van der Waals surface area contributed by atoms with Crippen LogP contribution in [0.15, 0.2) is 0 Å². The van der Waals surface area contributed by atoms with Gasteiger partial charge in [-0.05, 0) is 31.2 Å². The second-order valence-corrected chi connectivity index (χ2v) is 6.13. The first-order chi connectivity index (χ1) is 8.40. The molecule has 2 rings (SSSR count). The van der Waals surface area contributed by atoms with Crippen molar-refractivity contribution in [2.45, 2.75) is 51.6 Å². The van der Waals surface area contributed by atoms with E-state index in [4.69, 9.17) is 0 Å². The number of nitrogens with one attached hydrogen (secondary N) is 1. The average Bonchev–Trinajstić information content (AvgIpc) is 2.61. The SMILES string of the molecule is CC1(C)CCCN(CC2CCC(=O)N2)C1C(=O)O. The molecule has 5 nitrogen and oxygen atoms in total. The second-order valence-electron chi connectivity index (χ2n) is 6.13. The minimum Gasteiger partial charge on any atom is -0.480 e. The van der Waals surface area contributed by atoms with E-state index in [1.165, 1.54) is 0 Å². The normalized spacial score (nSPS) is 32.2. The number of likely N-dealkylation sites (tertiary alicyclic amines) is 1. The molecule has 0 saturated carbocycles. The fourth-order valence-electron chi connectivity index (χ4n) is 3.28. The number of aliphatic carboxylic acids is 1. The zero-order valence-electron chi connectivity index (χ0n) is 11.1. The molecule has 102 valence electrons. The molecule has 0 aliphatic carbocycles. The van der Waals surface area contributed by atoms with Gasteiger partial charge in [0, 0.05) is 19.0 Å². The van der Waals surface area contributed by atoms with E-state index in [0.29, 0.717) is 13.0 Å². The first-order valence-corrected chi connectivity index (χ1v) is 6.66. The van der Waals surface area contributed by atoms with Crippen molar-refractivity contribution in [3.8, 4) is 0 Å². The fraction of sp³-hybridized carbons (Fsp3) is 0.846. The van der Waals surface area contributed by atoms with Crippen molar-refractivity contribution < 1.29 is 14.7 Å². The predicted octanol–water partition coefficient (Wildman–Crippen LogP) is 0.840. The minimum absolute atomic E-state index is 0.0862. The van der Waals surface area contributed by atoms with Gasteiger partial charge in [-0.2, -0.15) is 0 Å². The Kier molecular flexibility index (Phi) is 3.61. The third-order valence-corrected chi connectivity index (χ3v) is 4.15. The lowest BCUT2D eigenvalue weighted by atomic mass is 9.76. The van der Waals surface area contributed by atoms with Gasteiger partial charge < -0.3 is 10.4 Å². The van der Waals surface area contributed by atoms with E-state index in [1.807, 2.05) is 18.7 Å². The topological polar surface area (TPSA) is 69.6 Å². The van der Waals surface area contributed by atoms with Gasteiger partial charge in [0.15, 0.2) is 0 Å². The summed E-state index contributed by atoms with van der Waals surface area (Å²) in [5.74, 6) is -0.660. The van der Waals surface area contributed by atoms with Crippen LogP contribution in [0.2, 0.25) is 0 Å². The van der Waals surface area contributed by atoms with Crippen molar-refractivity contribution in [3.63, 3.8) is 0 Å². The van der Waals surface area contributed by atoms with Gasteiger partial charge in [0.05, 0.1) is 0 Å². The van der Waals surface area contributed by atoms with Gasteiger partial charge in [-0.15, -0.1) is 0 Å². The van der Waals surface area contributed by atoms with E-state index in [0.717, 1.165) is 25.8 Å². The number of carboxylic acid groups (broad SMARTS) is 1. The van der Waals surface area contributed by atoms with E-state index >= 15 is 0 Å². The lowest BCUT2D eigenvalue weighted by Crippen LogP contribution is -2.56. The summed E-state index contributed by atoms with van der Waals surface area (Å²) in [7, 11) is 0. The number of piperidine rings is 1. The fourth-order valence-corrected chi connectivity index (χ4v) is 3.28. The number of rotatable bonds is 3. The molecule has 0 spiro atoms. The van der Waals surface area contributed by atoms with E-state index in [-0.39, 0.29) is 17.4 Å². The predicted molar refractivity (Wildman–Crippen MR) is 67.2 cm³/mol. The quantitative estimate of drug-likeness (QED) is 0.783. The largest absolute Gasteiger partial charge is 0.480 e. The molecule has 2 atom stereocenters. The zero-order valence-corrected chi connectivity index (χ0v) is 11.1. The Morgan fingerprint density at radius 3 is 2.83 bits per heavy atom. The van der Waals surface area contributed by atoms with E-state index in [1.54, 1.807) is 0 Å². The van der Waals surface area contributed by atoms with Crippen LogP contribution < -0.4 is 5.32 Å². The molecule has 0 aromatic rings. The number of amides is 1. The Bertz CT molecular complexity index is 354. The van der Waals surface area contributed by atoms with Gasteiger partial charge in [0.25, 0.3) is 0 Å². The van der Waals surface area contributed by atoms with Gasteiger partial charge in [-0.1, -0.05) is 13.8 Å². The Morgan fingerprint density at radius 1 is 1.56 bits per heavy atom. The summed E-state index contributed by atoms with van der Waals surface area (Å²) in [4.78, 5) is 24.7. The summed E-state index contributed by atoms with van der Waals surface area (Å²) in [6.45, 7) is 5.51. The molecule has 2 saturated heterocycles. The number of carbonyl (C=O) groups excluding carboxylic acids is 1. The van der Waals surface area contributed by atoms with Gasteiger partial charge in [0.2, 0.25) is 5.91 Å². The van der Waals surface area contributed by atoms with Crippen LogP contribution in [0.3, 0.4) is 0 Å². The van der Waals surface area contributed by atoms with Crippen molar-refractivity contribution in [1.29, 1.82) is 0 Å². The molecule has 2 unspecified atom stereocenters. The van der Waals surface area contributed by atoms with Crippen molar-refractivity contribution in [3.05, 3.63) is 0 Å². The molecule has 0 radical (unpaired) electrons. The monoisotopic (exact) mass is 254 g/mol. The Morgan fingerprint density at radius 2 is 2.28 bits per heavy atom. The molecule has 2 aliphatic heterocycles. The standard InChI is InChI=1S/C13H22N2O3/c1-13(2)6-3-7-15(11(13)12(17)18)8-9-4-5-10(16)14-9/h9,11H,3-8H2,1-2H3,(H,14,16)(H,17,18). The summed E-state index contributed by atoms with van der Waals surface area (Å²) < 4.78 is 0. The Hall–Kier alpha value is -1.10. The van der Waals surface area contributed by atoms with Gasteiger partial charge in [-0.25, -0.2) is 0 Å². The van der Waals surface area contributed by atoms with Crippen molar-refractivity contribution in [2.75, 3.05) is 13.1 Å². The number of nitrogens with zero attached hydrogens (tertiary/aromatic N) is 1. The van der Waals surface area contributed by atoms with Crippen LogP contribution in [-0.4, -0.2) is 47.1 Å². The smallest absolute Gasteiger partial charge is 0.321 e. The van der Waals surface area contributed by atoms with Crippen molar-refractivity contribution >= 4 is 11.9 Å². The molecule has 0 aromatic carbocycles. The highest BCUT2D eigenvalue weighted by molar-refractivity contribution is 5.78. The van der Waals surface area contributed by atoms with Crippen LogP contribution in [0.1, 0.15) is 39.5 Å². The highest BCUT2D eigenvalue weighted by Crippen LogP contribution is 2.35. The van der Waals surface area contributed by atoms with E-state index in [9.17, 15) is 14.7 Å². The maximum Gasteiger partial charge on any atom is 0.321 e. The molecule has 1 amide bonds. The third kappa shape index (κ3) is 2.66. The molecule has 0 aromatic heterocycles. The number of carbonyl (C=O) groups is 2. The maximum atomic E-state index is 11.5. The van der Waals surface area contributed by atoms with Crippen LogP contribution in [0, 0.1) is 5.41 Å². The Balaban J connectivity index is 2.05.